The minimum Gasteiger partial charge on any atom is -0.497 e. The molecule has 1 fully saturated rings. The lowest BCUT2D eigenvalue weighted by Crippen LogP contribution is -2.33. The van der Waals surface area contributed by atoms with Gasteiger partial charge in [0.05, 0.1) is 23.7 Å². The Hall–Kier alpha value is -1.76. The summed E-state index contributed by atoms with van der Waals surface area (Å²) in [6.07, 6.45) is -3.56. The molecule has 1 saturated heterocycles. The number of benzene rings is 2. The molecule has 0 aliphatic carbocycles. The molecule has 1 heterocycles. The average Bonchev–Trinajstić information content (AvgIpc) is 2.92. The Morgan fingerprint density at radius 1 is 1.07 bits per heavy atom. The molecule has 7 heteroatoms. The highest BCUT2D eigenvalue weighted by atomic mass is 35.5. The third-order valence-corrected chi connectivity index (χ3v) is 5.09. The second-order valence-corrected chi connectivity index (χ2v) is 6.96. The lowest BCUT2D eigenvalue weighted by molar-refractivity contribution is -0.137. The lowest BCUT2D eigenvalue weighted by Gasteiger charge is -2.32. The summed E-state index contributed by atoms with van der Waals surface area (Å²) in [7, 11) is 1.58. The molecular weight excluding hydrogens is 377 g/mol. The molecule has 2 aromatic rings. The van der Waals surface area contributed by atoms with Crippen LogP contribution in [0.2, 0.25) is 5.02 Å². The van der Waals surface area contributed by atoms with Crippen LogP contribution in [0, 0.1) is 0 Å². The first-order valence-electron chi connectivity index (χ1n) is 8.85. The van der Waals surface area contributed by atoms with Gasteiger partial charge in [0.15, 0.2) is 0 Å². The van der Waals surface area contributed by atoms with Crippen LogP contribution < -0.4 is 10.1 Å². The molecule has 146 valence electrons. The normalized spacial score (nSPS) is 17.4. The summed E-state index contributed by atoms with van der Waals surface area (Å²) in [5.41, 5.74) is 0.663. The number of rotatable bonds is 4. The predicted molar refractivity (Wildman–Crippen MR) is 100 cm³/mol. The van der Waals surface area contributed by atoms with Crippen LogP contribution in [0.5, 0.6) is 5.75 Å². The van der Waals surface area contributed by atoms with Crippen LogP contribution in [-0.2, 0) is 6.18 Å². The van der Waals surface area contributed by atoms with Crippen LogP contribution >= 0.6 is 11.6 Å². The first-order chi connectivity index (χ1) is 12.9. The van der Waals surface area contributed by atoms with E-state index in [1.807, 2.05) is 24.3 Å². The molecule has 27 heavy (non-hydrogen) atoms. The van der Waals surface area contributed by atoms with Crippen LogP contribution in [0.4, 0.5) is 13.2 Å². The smallest absolute Gasteiger partial charge is 0.417 e. The Balaban J connectivity index is 2.09. The third kappa shape index (κ3) is 4.75. The molecule has 1 N–H and O–H groups in total. The number of hydrogen-bond acceptors (Lipinski definition) is 3. The van der Waals surface area contributed by atoms with Crippen molar-refractivity contribution in [2.45, 2.75) is 18.6 Å². The molecule has 0 aromatic heterocycles. The van der Waals surface area contributed by atoms with E-state index in [-0.39, 0.29) is 11.1 Å². The second-order valence-electron chi connectivity index (χ2n) is 6.56. The Labute approximate surface area is 162 Å². The van der Waals surface area contributed by atoms with Gasteiger partial charge in [0, 0.05) is 19.6 Å². The highest BCUT2D eigenvalue weighted by Gasteiger charge is 2.34. The summed E-state index contributed by atoms with van der Waals surface area (Å²) in [6, 6.07) is 11.4. The van der Waals surface area contributed by atoms with Crippen LogP contribution in [0.3, 0.4) is 0 Å². The molecule has 3 nitrogen and oxygen atoms in total. The quantitative estimate of drug-likeness (QED) is 0.804. The summed E-state index contributed by atoms with van der Waals surface area (Å²) in [4.78, 5) is 2.21. The summed E-state index contributed by atoms with van der Waals surface area (Å²) in [5, 5.41) is 3.05. The molecular formula is C20H22ClF3N2O. The molecule has 0 radical (unpaired) electrons. The van der Waals surface area contributed by atoms with Gasteiger partial charge in [0.1, 0.15) is 5.75 Å². The van der Waals surface area contributed by atoms with Gasteiger partial charge in [-0.05, 0) is 48.4 Å². The minimum atomic E-state index is -4.49. The number of methoxy groups -OCH3 is 1. The van der Waals surface area contributed by atoms with E-state index < -0.39 is 11.7 Å². The summed E-state index contributed by atoms with van der Waals surface area (Å²) < 4.78 is 45.5. The Morgan fingerprint density at radius 2 is 1.85 bits per heavy atom. The maximum Gasteiger partial charge on any atom is 0.417 e. The fourth-order valence-corrected chi connectivity index (χ4v) is 3.71. The van der Waals surface area contributed by atoms with E-state index in [0.29, 0.717) is 11.3 Å². The third-order valence-electron chi connectivity index (χ3n) is 4.76. The summed E-state index contributed by atoms with van der Waals surface area (Å²) in [6.45, 7) is 3.22. The summed E-state index contributed by atoms with van der Waals surface area (Å²) in [5.74, 6) is 0.676. The van der Waals surface area contributed by atoms with Gasteiger partial charge in [-0.15, -0.1) is 0 Å². The van der Waals surface area contributed by atoms with Gasteiger partial charge < -0.3 is 10.1 Å². The van der Waals surface area contributed by atoms with Gasteiger partial charge in [-0.3, -0.25) is 4.90 Å². The molecule has 1 aliphatic rings. The zero-order valence-corrected chi connectivity index (χ0v) is 15.8. The first-order valence-corrected chi connectivity index (χ1v) is 9.23. The Kier molecular flexibility index (Phi) is 6.29. The number of nitrogens with one attached hydrogen (secondary N) is 1. The molecule has 1 unspecified atom stereocenters. The highest BCUT2D eigenvalue weighted by Crippen LogP contribution is 2.39. The molecule has 1 aliphatic heterocycles. The standard InChI is InChI=1S/C20H22ClF3N2O/c1-27-16-5-2-4-14(12-16)19(26-10-3-8-25-9-11-26)15-6-7-18(21)17(13-15)20(22,23)24/h2,4-7,12-13,19,25H,3,8-11H2,1H3. The van der Waals surface area contributed by atoms with E-state index in [4.69, 9.17) is 16.3 Å². The van der Waals surface area contributed by atoms with E-state index in [2.05, 4.69) is 10.2 Å². The van der Waals surface area contributed by atoms with Crippen molar-refractivity contribution in [2.24, 2.45) is 0 Å². The van der Waals surface area contributed by atoms with Crippen molar-refractivity contribution in [1.29, 1.82) is 0 Å². The molecule has 3 rings (SSSR count). The Bertz CT molecular complexity index is 774. The monoisotopic (exact) mass is 398 g/mol. The van der Waals surface area contributed by atoms with E-state index in [1.165, 1.54) is 12.1 Å². The fourth-order valence-electron chi connectivity index (χ4n) is 3.48. The molecule has 0 saturated carbocycles. The zero-order valence-electron chi connectivity index (χ0n) is 15.0. The van der Waals surface area contributed by atoms with Crippen LogP contribution in [0.1, 0.15) is 29.2 Å². The van der Waals surface area contributed by atoms with Gasteiger partial charge in [0.25, 0.3) is 0 Å². The number of alkyl halides is 3. The van der Waals surface area contributed by atoms with Crippen LogP contribution in [0.15, 0.2) is 42.5 Å². The van der Waals surface area contributed by atoms with Crippen molar-refractivity contribution in [3.63, 3.8) is 0 Å². The van der Waals surface area contributed by atoms with Gasteiger partial charge in [-0.1, -0.05) is 29.8 Å². The van der Waals surface area contributed by atoms with Gasteiger partial charge in [-0.25, -0.2) is 0 Å². The maximum absolute atomic E-state index is 13.4. The average molecular weight is 399 g/mol. The number of hydrogen-bond donors (Lipinski definition) is 1. The minimum absolute atomic E-state index is 0.284. The van der Waals surface area contributed by atoms with Gasteiger partial charge in [0.2, 0.25) is 0 Å². The van der Waals surface area contributed by atoms with Crippen LogP contribution in [0.25, 0.3) is 0 Å². The van der Waals surface area contributed by atoms with Crippen molar-refractivity contribution in [1.82, 2.24) is 10.2 Å². The SMILES string of the molecule is COc1cccc(C(c2ccc(Cl)c(C(F)(F)F)c2)N2CCCNCC2)c1. The van der Waals surface area contributed by atoms with E-state index in [9.17, 15) is 13.2 Å². The maximum atomic E-state index is 13.4. The number of halogens is 4. The van der Waals surface area contributed by atoms with Crippen molar-refractivity contribution in [2.75, 3.05) is 33.3 Å². The Morgan fingerprint density at radius 3 is 2.59 bits per heavy atom. The summed E-state index contributed by atoms with van der Waals surface area (Å²) >= 11 is 5.83. The van der Waals surface area contributed by atoms with Crippen molar-refractivity contribution >= 4 is 11.6 Å². The van der Waals surface area contributed by atoms with Crippen molar-refractivity contribution in [3.8, 4) is 5.75 Å². The highest BCUT2D eigenvalue weighted by molar-refractivity contribution is 6.31. The van der Waals surface area contributed by atoms with Crippen molar-refractivity contribution < 1.29 is 17.9 Å². The van der Waals surface area contributed by atoms with Crippen molar-refractivity contribution in [3.05, 3.63) is 64.2 Å². The van der Waals surface area contributed by atoms with E-state index in [0.717, 1.165) is 38.2 Å². The van der Waals surface area contributed by atoms with E-state index in [1.54, 1.807) is 13.2 Å². The van der Waals surface area contributed by atoms with Gasteiger partial charge >= 0.3 is 6.18 Å². The molecule has 0 amide bonds. The van der Waals surface area contributed by atoms with Gasteiger partial charge in [-0.2, -0.15) is 13.2 Å². The lowest BCUT2D eigenvalue weighted by atomic mass is 9.95. The topological polar surface area (TPSA) is 24.5 Å². The first kappa shape index (κ1) is 20.0. The fraction of sp³-hybridized carbons (Fsp3) is 0.400. The second kappa shape index (κ2) is 8.50. The largest absolute Gasteiger partial charge is 0.497 e. The predicted octanol–water partition coefficient (Wildman–Crippen LogP) is 4.75. The van der Waals surface area contributed by atoms with Crippen LogP contribution in [-0.4, -0.2) is 38.2 Å². The molecule has 2 aromatic carbocycles. The molecule has 1 atom stereocenters. The molecule has 0 spiro atoms. The number of nitrogens with zero attached hydrogens (tertiary/aromatic N) is 1. The zero-order chi connectivity index (χ0) is 19.4. The van der Waals surface area contributed by atoms with E-state index >= 15 is 0 Å². The number of ether oxygens (including phenoxy) is 1. The molecule has 0 bridgehead atoms.